The van der Waals surface area contributed by atoms with E-state index in [1.54, 1.807) is 35.4 Å². The Kier molecular flexibility index (Phi) is 6.26. The summed E-state index contributed by atoms with van der Waals surface area (Å²) in [4.78, 5) is 35.7. The molecule has 30 heavy (non-hydrogen) atoms. The summed E-state index contributed by atoms with van der Waals surface area (Å²) in [5.74, 6) is -0.138. The van der Waals surface area contributed by atoms with Crippen molar-refractivity contribution in [2.45, 2.75) is 19.3 Å². The molecule has 0 unspecified atom stereocenters. The fourth-order valence-electron chi connectivity index (χ4n) is 4.29. The van der Waals surface area contributed by atoms with Crippen LogP contribution >= 0.6 is 0 Å². The lowest BCUT2D eigenvalue weighted by atomic mass is 9.95. The van der Waals surface area contributed by atoms with E-state index in [4.69, 9.17) is 0 Å². The van der Waals surface area contributed by atoms with E-state index in [0.29, 0.717) is 38.2 Å². The minimum Gasteiger partial charge on any atom is -0.370 e. The first kappa shape index (κ1) is 20.3. The van der Waals surface area contributed by atoms with Gasteiger partial charge in [0.25, 0.3) is 5.91 Å². The van der Waals surface area contributed by atoms with E-state index < -0.39 is 0 Å². The molecule has 2 aliphatic rings. The van der Waals surface area contributed by atoms with Crippen molar-refractivity contribution in [1.29, 1.82) is 0 Å². The average molecular weight is 410 g/mol. The first-order chi connectivity index (χ1) is 14.6. The maximum absolute atomic E-state index is 13.2. The summed E-state index contributed by atoms with van der Waals surface area (Å²) >= 11 is 0. The lowest BCUT2D eigenvalue weighted by Crippen LogP contribution is -2.45. The molecule has 2 saturated heterocycles. The molecule has 0 saturated carbocycles. The lowest BCUT2D eigenvalue weighted by Gasteiger charge is -2.34. The number of piperidine rings is 1. The lowest BCUT2D eigenvalue weighted by molar-refractivity contribution is -0.136. The molecule has 2 amide bonds. The van der Waals surface area contributed by atoms with Gasteiger partial charge in [0.2, 0.25) is 5.91 Å². The Labute approximate surface area is 176 Å². The van der Waals surface area contributed by atoms with Gasteiger partial charge in [0.1, 0.15) is 11.5 Å². The Hall–Kier alpha value is -2.96. The SMILES string of the molecule is O=C(c1ccccn1)N1CCC(C(=O)N2CCCN(c3ccc(F)cc3)CC2)CC1. The Balaban J connectivity index is 1.30. The third kappa shape index (κ3) is 4.61. The van der Waals surface area contributed by atoms with Crippen LogP contribution in [-0.2, 0) is 4.79 Å². The fourth-order valence-corrected chi connectivity index (χ4v) is 4.29. The quantitative estimate of drug-likeness (QED) is 0.781. The van der Waals surface area contributed by atoms with Gasteiger partial charge in [0.05, 0.1) is 0 Å². The van der Waals surface area contributed by atoms with E-state index in [1.807, 2.05) is 11.0 Å². The Bertz CT molecular complexity index is 867. The summed E-state index contributed by atoms with van der Waals surface area (Å²) < 4.78 is 13.2. The third-order valence-electron chi connectivity index (χ3n) is 6.01. The average Bonchev–Trinajstić information content (AvgIpc) is 3.06. The molecule has 0 N–H and O–H groups in total. The van der Waals surface area contributed by atoms with Crippen LogP contribution in [0, 0.1) is 11.7 Å². The highest BCUT2D eigenvalue weighted by Crippen LogP contribution is 2.23. The van der Waals surface area contributed by atoms with Gasteiger partial charge in [-0.15, -0.1) is 0 Å². The van der Waals surface area contributed by atoms with Gasteiger partial charge >= 0.3 is 0 Å². The van der Waals surface area contributed by atoms with E-state index in [0.717, 1.165) is 31.7 Å². The van der Waals surface area contributed by atoms with Gasteiger partial charge in [-0.1, -0.05) is 6.07 Å². The molecule has 158 valence electrons. The number of carbonyl (C=O) groups is 2. The molecular formula is C23H27FN4O2. The van der Waals surface area contributed by atoms with Crippen molar-refractivity contribution in [2.24, 2.45) is 5.92 Å². The van der Waals surface area contributed by atoms with Crippen LogP contribution in [0.4, 0.5) is 10.1 Å². The van der Waals surface area contributed by atoms with Gasteiger partial charge in [0.15, 0.2) is 0 Å². The van der Waals surface area contributed by atoms with Gasteiger partial charge in [-0.25, -0.2) is 4.39 Å². The zero-order valence-electron chi connectivity index (χ0n) is 17.0. The first-order valence-corrected chi connectivity index (χ1v) is 10.6. The molecular weight excluding hydrogens is 383 g/mol. The summed E-state index contributed by atoms with van der Waals surface area (Å²) in [7, 11) is 0. The number of hydrogen-bond acceptors (Lipinski definition) is 4. The van der Waals surface area contributed by atoms with Crippen LogP contribution in [0.1, 0.15) is 29.8 Å². The number of rotatable bonds is 3. The minimum atomic E-state index is -0.238. The zero-order valence-corrected chi connectivity index (χ0v) is 17.0. The van der Waals surface area contributed by atoms with Gasteiger partial charge in [0, 0.05) is 57.1 Å². The molecule has 0 bridgehead atoms. The molecule has 1 aromatic heterocycles. The van der Waals surface area contributed by atoms with Crippen LogP contribution < -0.4 is 4.90 Å². The smallest absolute Gasteiger partial charge is 0.272 e. The van der Waals surface area contributed by atoms with Crippen LogP contribution in [0.25, 0.3) is 0 Å². The van der Waals surface area contributed by atoms with E-state index in [9.17, 15) is 14.0 Å². The van der Waals surface area contributed by atoms with E-state index in [-0.39, 0.29) is 23.5 Å². The van der Waals surface area contributed by atoms with Crippen molar-refractivity contribution in [3.63, 3.8) is 0 Å². The Morgan fingerprint density at radius 2 is 1.63 bits per heavy atom. The predicted molar refractivity (Wildman–Crippen MR) is 113 cm³/mol. The molecule has 2 aromatic rings. The minimum absolute atomic E-state index is 0.0323. The molecule has 6 nitrogen and oxygen atoms in total. The normalized spacial score (nSPS) is 18.2. The molecule has 0 spiro atoms. The van der Waals surface area contributed by atoms with Gasteiger partial charge in [-0.05, 0) is 55.7 Å². The second-order valence-electron chi connectivity index (χ2n) is 7.92. The highest BCUT2D eigenvalue weighted by Gasteiger charge is 2.31. The molecule has 7 heteroatoms. The summed E-state index contributed by atoms with van der Waals surface area (Å²) in [5, 5.41) is 0. The largest absolute Gasteiger partial charge is 0.370 e. The maximum Gasteiger partial charge on any atom is 0.272 e. The third-order valence-corrected chi connectivity index (χ3v) is 6.01. The van der Waals surface area contributed by atoms with Crippen molar-refractivity contribution in [3.05, 3.63) is 60.2 Å². The van der Waals surface area contributed by atoms with Gasteiger partial charge in [-0.2, -0.15) is 0 Å². The number of halogens is 1. The van der Waals surface area contributed by atoms with Gasteiger partial charge < -0.3 is 14.7 Å². The molecule has 0 atom stereocenters. The monoisotopic (exact) mass is 410 g/mol. The van der Waals surface area contributed by atoms with Crippen molar-refractivity contribution >= 4 is 17.5 Å². The highest BCUT2D eigenvalue weighted by atomic mass is 19.1. The van der Waals surface area contributed by atoms with Crippen LogP contribution in [-0.4, -0.2) is 65.9 Å². The second kappa shape index (κ2) is 9.24. The highest BCUT2D eigenvalue weighted by molar-refractivity contribution is 5.92. The Morgan fingerprint density at radius 3 is 2.33 bits per heavy atom. The number of nitrogens with zero attached hydrogens (tertiary/aromatic N) is 4. The number of hydrogen-bond donors (Lipinski definition) is 0. The molecule has 2 aliphatic heterocycles. The summed E-state index contributed by atoms with van der Waals surface area (Å²) in [5.41, 5.74) is 1.45. The second-order valence-corrected chi connectivity index (χ2v) is 7.92. The summed E-state index contributed by atoms with van der Waals surface area (Å²) in [6, 6.07) is 11.9. The van der Waals surface area contributed by atoms with Crippen molar-refractivity contribution in [1.82, 2.24) is 14.8 Å². The van der Waals surface area contributed by atoms with Crippen LogP contribution in [0.15, 0.2) is 48.7 Å². The van der Waals surface area contributed by atoms with E-state index in [2.05, 4.69) is 9.88 Å². The topological polar surface area (TPSA) is 56.8 Å². The zero-order chi connectivity index (χ0) is 20.9. The van der Waals surface area contributed by atoms with Crippen LogP contribution in [0.3, 0.4) is 0 Å². The Morgan fingerprint density at radius 1 is 0.867 bits per heavy atom. The van der Waals surface area contributed by atoms with E-state index >= 15 is 0 Å². The standard InChI is InChI=1S/C23H27FN4O2/c24-19-5-7-20(8-6-19)26-12-3-13-27(17-16-26)22(29)18-9-14-28(15-10-18)23(30)21-4-1-2-11-25-21/h1-2,4-8,11,18H,3,9-10,12-17H2. The fraction of sp³-hybridized carbons (Fsp3) is 0.435. The van der Waals surface area contributed by atoms with Crippen molar-refractivity contribution in [2.75, 3.05) is 44.2 Å². The van der Waals surface area contributed by atoms with Crippen molar-refractivity contribution in [3.8, 4) is 0 Å². The van der Waals surface area contributed by atoms with Crippen molar-refractivity contribution < 1.29 is 14.0 Å². The molecule has 0 aliphatic carbocycles. The van der Waals surface area contributed by atoms with Crippen LogP contribution in [0.5, 0.6) is 0 Å². The summed E-state index contributed by atoms with van der Waals surface area (Å²) in [6.07, 6.45) is 3.89. The number of pyridine rings is 1. The number of carbonyl (C=O) groups excluding carboxylic acids is 2. The maximum atomic E-state index is 13.2. The number of aromatic nitrogens is 1. The summed E-state index contributed by atoms with van der Waals surface area (Å²) in [6.45, 7) is 4.18. The van der Waals surface area contributed by atoms with Crippen LogP contribution in [0.2, 0.25) is 0 Å². The number of amides is 2. The molecule has 1 aromatic carbocycles. The molecule has 2 fully saturated rings. The first-order valence-electron chi connectivity index (χ1n) is 10.6. The molecule has 0 radical (unpaired) electrons. The number of benzene rings is 1. The van der Waals surface area contributed by atoms with E-state index in [1.165, 1.54) is 12.1 Å². The molecule has 3 heterocycles. The number of likely N-dealkylation sites (tertiary alicyclic amines) is 1. The van der Waals surface area contributed by atoms with Gasteiger partial charge in [-0.3, -0.25) is 14.6 Å². The predicted octanol–water partition coefficient (Wildman–Crippen LogP) is 2.81. The molecule has 4 rings (SSSR count). The number of anilines is 1.